The van der Waals surface area contributed by atoms with Gasteiger partial charge in [0.05, 0.1) is 158 Å². The number of carbonyl (C=O) groups is 7. The normalized spacial score (nSPS) is 12.3. The number of rotatable bonds is 56. The van der Waals surface area contributed by atoms with E-state index in [1.54, 1.807) is 110 Å². The van der Waals surface area contributed by atoms with E-state index in [1.165, 1.54) is 76.8 Å². The molecule has 4 N–H and O–H groups in total. The third-order valence-corrected chi connectivity index (χ3v) is 24.1. The minimum Gasteiger partial charge on any atom is -0.457 e. The van der Waals surface area contributed by atoms with Crippen molar-refractivity contribution in [1.82, 2.24) is 19.9 Å². The van der Waals surface area contributed by atoms with Gasteiger partial charge < -0.3 is 97.7 Å². The van der Waals surface area contributed by atoms with Crippen LogP contribution in [0, 0.1) is 0 Å². The zero-order chi connectivity index (χ0) is 94.0. The zero-order valence-corrected chi connectivity index (χ0v) is 81.9. The number of aromatic amines is 4. The number of hydrogen-bond acceptors (Lipinski definition) is 17. The van der Waals surface area contributed by atoms with Crippen LogP contribution >= 0.6 is 0 Å². The first-order valence-corrected chi connectivity index (χ1v) is 47.3. The first kappa shape index (κ1) is 115. The van der Waals surface area contributed by atoms with Crippen LogP contribution in [0.3, 0.4) is 0 Å². The fourth-order valence-electron chi connectivity index (χ4n) is 15.3. The van der Waals surface area contributed by atoms with E-state index in [1.807, 2.05) is 0 Å². The van der Waals surface area contributed by atoms with Crippen LogP contribution in [0.2, 0.25) is 0 Å². The van der Waals surface area contributed by atoms with E-state index >= 15 is 0 Å². The Kier molecular flexibility index (Phi) is 60.6. The summed E-state index contributed by atoms with van der Waals surface area (Å²) in [7, 11) is 6.17. The molecule has 0 aliphatic carbocycles. The van der Waals surface area contributed by atoms with E-state index in [0.717, 1.165) is 201 Å². The number of quaternary nitrogens is 7. The van der Waals surface area contributed by atoms with E-state index in [0.29, 0.717) is 69.0 Å². The quantitative estimate of drug-likeness (QED) is 0.0157. The van der Waals surface area contributed by atoms with Gasteiger partial charge in [-0.3, -0.25) is 0 Å². The molecule has 28 heteroatoms. The van der Waals surface area contributed by atoms with Gasteiger partial charge in [0, 0.05) is 24.8 Å². The number of carbonyl (C=O) groups excluding carboxylic acids is 7. The molecule has 126 heavy (non-hydrogen) atoms. The number of H-pyrrole nitrogens is 4. The summed E-state index contributed by atoms with van der Waals surface area (Å²) in [6, 6.07) is 24.0. The van der Waals surface area contributed by atoms with Crippen molar-refractivity contribution in [2.24, 2.45) is 0 Å². The Morgan fingerprint density at radius 2 is 0.437 bits per heavy atom. The molecule has 0 amide bonds. The highest BCUT2D eigenvalue weighted by molar-refractivity contribution is 5.89. The lowest BCUT2D eigenvalue weighted by molar-refractivity contribution is -0.926. The Hall–Kier alpha value is -9.03. The van der Waals surface area contributed by atoms with Crippen LogP contribution in [0.15, 0.2) is 142 Å². The summed E-state index contributed by atoms with van der Waals surface area (Å²) in [6.45, 7) is 69.1. The SMILES string of the molecule is CCCC[N+](CC)(CCC)CCOC(=O)c1ccc[nH]1.CCCC[N+](CC)(CCC)CCOC(=O)c1ccco1.CCC[N+](CC)(CCC)CCOC(=O)c1ccc[nH]1.CCC[N+](CC)(CCC)CCOC(=O)c1ccco1.CC[N+](CC)(CC)CCOC(=O)c1ccc[nH]1.CC[N+](CC)(CC)CCOC(=O)c1ccco1.C[N+](C)(C)CCOC(=O)c1ccc[nH]1. The maximum absolute atomic E-state index is 11.8. The van der Waals surface area contributed by atoms with E-state index in [4.69, 9.17) is 46.4 Å². The van der Waals surface area contributed by atoms with Gasteiger partial charge in [0.2, 0.25) is 17.3 Å². The number of furan rings is 3. The number of ether oxygens (including phenoxy) is 7. The molecule has 28 nitrogen and oxygen atoms in total. The van der Waals surface area contributed by atoms with Crippen LogP contribution in [0.5, 0.6) is 0 Å². The number of hydrogen-bond donors (Lipinski definition) is 4. The lowest BCUT2D eigenvalue weighted by atomic mass is 10.2. The topological polar surface area (TPSA) is 287 Å². The Balaban J connectivity index is 0.000000737. The molecule has 0 aliphatic rings. The molecule has 0 saturated carbocycles. The number of aromatic nitrogens is 4. The van der Waals surface area contributed by atoms with Crippen molar-refractivity contribution in [2.75, 3.05) is 231 Å². The Labute approximate surface area is 757 Å². The molecule has 7 aromatic rings. The van der Waals surface area contributed by atoms with E-state index < -0.39 is 0 Å². The Morgan fingerprint density at radius 3 is 0.603 bits per heavy atom. The number of nitrogens with zero attached hydrogens (tertiary/aromatic N) is 7. The molecule has 0 radical (unpaired) electrons. The number of nitrogens with one attached hydrogen (secondary N) is 4. The van der Waals surface area contributed by atoms with Crippen molar-refractivity contribution in [3.05, 3.63) is 169 Å². The second-order valence-electron chi connectivity index (χ2n) is 33.3. The average Bonchev–Trinajstić information content (AvgIpc) is 1.87. The lowest BCUT2D eigenvalue weighted by Crippen LogP contribution is -2.51. The van der Waals surface area contributed by atoms with Crippen LogP contribution in [-0.2, 0) is 33.2 Å². The van der Waals surface area contributed by atoms with Crippen LogP contribution in [0.25, 0.3) is 0 Å². The highest BCUT2D eigenvalue weighted by atomic mass is 16.6. The van der Waals surface area contributed by atoms with Crippen molar-refractivity contribution in [3.8, 4) is 0 Å². The predicted octanol–water partition coefficient (Wildman–Crippen LogP) is 17.9. The first-order chi connectivity index (χ1) is 60.5. The molecule has 2 unspecified atom stereocenters. The van der Waals surface area contributed by atoms with Crippen molar-refractivity contribution in [3.63, 3.8) is 0 Å². The standard InChI is InChI=1S/C16H28N2O2.C16H28NO3.C15H26N2O2.C15H26NO3.C13H22N2O2.C13H22NO3.C10H16N2O2/c1-4-7-12-18(6-3,11-5-2)13-14-20-16(19)15-9-8-10-17-15;1-4-7-11-17(6-3,10-5-2)12-14-20-16(18)15-9-8-13-19-15;1-4-10-17(6-3,11-5-2)12-13-19-15(18)14-8-7-9-16-14;1-4-9-16(6-3,10-5-2)11-13-19-15(17)14-8-7-12-18-14;1-4-15(5-2,6-3)10-11-17-13(16)12-8-7-9-14-12;1-4-14(5-2,6-3)9-11-17-13(15)12-8-7-10-16-12;1-12(2,3)7-8-14-10(13)9-5-4-6-11-9/h8-10H,4-7,11-14H2,1-3H3;8-9,13H,4-7,10-12,14H2,1-3H3;7-9H,4-6,10-13H2,1-3H3;7-8,12H,4-6,9-11,13H2,1-3H3;7-9H,4-6,10-11H2,1-3H3;7-8,10H,4-6,9,11H2,1-3H3;4-6H,7-8H2,1-3H3/q;+1;;+1;;+1;/p+4. The summed E-state index contributed by atoms with van der Waals surface area (Å²) in [6.07, 6.45) is 23.2. The van der Waals surface area contributed by atoms with E-state index in [-0.39, 0.29) is 59.1 Å². The monoisotopic (exact) mass is 1780 g/mol. The zero-order valence-electron chi connectivity index (χ0n) is 81.9. The molecule has 2 atom stereocenters. The minimum atomic E-state index is -0.378. The molecule has 0 aliphatic heterocycles. The third kappa shape index (κ3) is 45.6. The van der Waals surface area contributed by atoms with Crippen LogP contribution < -0.4 is 0 Å². The minimum absolute atomic E-state index is 0.254. The van der Waals surface area contributed by atoms with Crippen molar-refractivity contribution in [2.45, 2.75) is 189 Å². The predicted molar refractivity (Wildman–Crippen MR) is 501 cm³/mol. The van der Waals surface area contributed by atoms with Gasteiger partial charge in [0.25, 0.3) is 0 Å². The van der Waals surface area contributed by atoms with E-state index in [2.05, 4.69) is 166 Å². The molecular weight excluding hydrogens is 1600 g/mol. The summed E-state index contributed by atoms with van der Waals surface area (Å²) in [4.78, 5) is 92.8. The summed E-state index contributed by atoms with van der Waals surface area (Å²) >= 11 is 0. The van der Waals surface area contributed by atoms with Gasteiger partial charge in [-0.05, 0) is 206 Å². The van der Waals surface area contributed by atoms with Crippen LogP contribution in [0.4, 0.5) is 0 Å². The molecule has 0 bridgehead atoms. The molecule has 0 spiro atoms. The maximum Gasteiger partial charge on any atom is 0.374 e. The summed E-state index contributed by atoms with van der Waals surface area (Å²) in [5.41, 5.74) is 2.09. The summed E-state index contributed by atoms with van der Waals surface area (Å²) in [5, 5.41) is 0. The van der Waals surface area contributed by atoms with Crippen LogP contribution in [0.1, 0.15) is 262 Å². The molecule has 7 aromatic heterocycles. The molecular formula is C98H172N11O17+7. The van der Waals surface area contributed by atoms with Gasteiger partial charge in [-0.15, -0.1) is 0 Å². The lowest BCUT2D eigenvalue weighted by Gasteiger charge is -2.37. The van der Waals surface area contributed by atoms with E-state index in [9.17, 15) is 33.6 Å². The van der Waals surface area contributed by atoms with Crippen molar-refractivity contribution >= 4 is 41.8 Å². The fourth-order valence-corrected chi connectivity index (χ4v) is 15.3. The highest BCUT2D eigenvalue weighted by Gasteiger charge is 2.30. The summed E-state index contributed by atoms with van der Waals surface area (Å²) in [5.74, 6) is -1.35. The maximum atomic E-state index is 11.8. The molecule has 7 rings (SSSR count). The Morgan fingerprint density at radius 1 is 0.238 bits per heavy atom. The molecule has 0 saturated heterocycles. The fraction of sp³-hybridized carbons (Fsp3) is 0.643. The van der Waals surface area contributed by atoms with Crippen molar-refractivity contribution in [1.29, 1.82) is 0 Å². The van der Waals surface area contributed by atoms with Gasteiger partial charge in [-0.1, -0.05) is 68.2 Å². The largest absolute Gasteiger partial charge is 0.457 e. The third-order valence-electron chi connectivity index (χ3n) is 24.1. The second kappa shape index (κ2) is 66.4. The molecule has 0 fully saturated rings. The molecule has 0 aromatic carbocycles. The Bertz CT molecular complexity index is 3550. The number of likely N-dealkylation sites (N-methyl/N-ethyl adjacent to an activating group) is 7. The van der Waals surface area contributed by atoms with Gasteiger partial charge in [-0.2, -0.15) is 0 Å². The van der Waals surface area contributed by atoms with Crippen LogP contribution in [-0.4, -0.2) is 324 Å². The number of esters is 7. The summed E-state index contributed by atoms with van der Waals surface area (Å²) < 4.78 is 58.8. The smallest absolute Gasteiger partial charge is 0.374 e. The number of unbranched alkanes of at least 4 members (excludes halogenated alkanes) is 2. The highest BCUT2D eigenvalue weighted by Crippen LogP contribution is 2.18. The molecule has 7 heterocycles. The van der Waals surface area contributed by atoms with Gasteiger partial charge >= 0.3 is 41.8 Å². The van der Waals surface area contributed by atoms with Crippen molar-refractivity contribution < 1.29 is 111 Å². The average molecular weight is 1780 g/mol. The van der Waals surface area contributed by atoms with Gasteiger partial charge in [-0.25, -0.2) is 33.6 Å². The van der Waals surface area contributed by atoms with Gasteiger partial charge in [0.15, 0.2) is 0 Å². The van der Waals surface area contributed by atoms with Gasteiger partial charge in [0.1, 0.15) is 115 Å². The molecule has 714 valence electrons. The first-order valence-electron chi connectivity index (χ1n) is 47.3. The second-order valence-corrected chi connectivity index (χ2v) is 33.3.